The first kappa shape index (κ1) is 26.8. The lowest BCUT2D eigenvalue weighted by Crippen LogP contribution is -2.61. The lowest BCUT2D eigenvalue weighted by Gasteiger charge is -2.45. The highest BCUT2D eigenvalue weighted by Crippen LogP contribution is 2.51. The topological polar surface area (TPSA) is 155 Å². The number of fused-ring (bicyclic) bond motifs is 2. The zero-order chi connectivity index (χ0) is 29.2. The fourth-order valence-electron chi connectivity index (χ4n) is 5.22. The molecule has 2 aromatic carbocycles. The van der Waals surface area contributed by atoms with E-state index in [2.05, 4.69) is 20.2 Å². The van der Waals surface area contributed by atoms with Crippen molar-refractivity contribution in [3.05, 3.63) is 57.5 Å². The molecule has 4 aromatic rings. The molecule has 1 saturated heterocycles. The van der Waals surface area contributed by atoms with Gasteiger partial charge in [-0.15, -0.1) is 9.90 Å². The maximum Gasteiger partial charge on any atom is 0.417 e. The van der Waals surface area contributed by atoms with E-state index in [1.807, 2.05) is 0 Å². The fraction of sp³-hybridized carbons (Fsp3) is 0.292. The van der Waals surface area contributed by atoms with Crippen molar-refractivity contribution in [3.8, 4) is 16.9 Å². The van der Waals surface area contributed by atoms with Gasteiger partial charge in [0.1, 0.15) is 30.1 Å². The molecule has 2 aromatic heterocycles. The summed E-state index contributed by atoms with van der Waals surface area (Å²) >= 11 is 6.59. The number of carbonyl (C=O) groups is 1. The molecule has 1 fully saturated rings. The van der Waals surface area contributed by atoms with Gasteiger partial charge in [-0.25, -0.2) is 24.3 Å². The quantitative estimate of drug-likeness (QED) is 0.223. The average molecular weight is 595 g/mol. The van der Waals surface area contributed by atoms with Crippen LogP contribution in [0.2, 0.25) is 5.02 Å². The molecule has 0 saturated carbocycles. The number of aliphatic hydroxyl groups is 1. The van der Waals surface area contributed by atoms with Gasteiger partial charge in [-0.05, 0) is 12.1 Å². The molecule has 0 spiro atoms. The number of rotatable bonds is 1. The number of aromatic amines is 1. The number of carbonyl (C=O) groups excluding carboxylic acids is 1. The minimum atomic E-state index is -4.87. The molecule has 0 aliphatic carbocycles. The third-order valence-electron chi connectivity index (χ3n) is 7.02. The maximum absolute atomic E-state index is 16.2. The van der Waals surface area contributed by atoms with Gasteiger partial charge in [-0.2, -0.15) is 13.2 Å². The molecule has 41 heavy (non-hydrogen) atoms. The van der Waals surface area contributed by atoms with Gasteiger partial charge in [0, 0.05) is 29.8 Å². The van der Waals surface area contributed by atoms with Gasteiger partial charge in [-0.1, -0.05) is 17.7 Å². The Balaban J connectivity index is 1.49. The lowest BCUT2D eigenvalue weighted by atomic mass is 9.94. The third-order valence-corrected chi connectivity index (χ3v) is 7.38. The van der Waals surface area contributed by atoms with E-state index in [9.17, 15) is 27.9 Å². The van der Waals surface area contributed by atoms with Gasteiger partial charge < -0.3 is 20.5 Å². The highest BCUT2D eigenvalue weighted by Gasteiger charge is 2.41. The van der Waals surface area contributed by atoms with Gasteiger partial charge in [0.2, 0.25) is 0 Å². The van der Waals surface area contributed by atoms with E-state index in [1.165, 1.54) is 6.07 Å². The van der Waals surface area contributed by atoms with Crippen molar-refractivity contribution in [2.24, 2.45) is 0 Å². The highest BCUT2D eigenvalue weighted by molar-refractivity contribution is 6.37. The number of aromatic nitrogens is 5. The first-order valence-electron chi connectivity index (χ1n) is 12.1. The van der Waals surface area contributed by atoms with Crippen LogP contribution in [-0.2, 0) is 6.18 Å². The number of hydrogen-bond acceptors (Lipinski definition) is 9. The number of nitrogens with zero attached hydrogens (tertiary/aromatic N) is 6. The number of hydrogen-bond donors (Lipinski definition) is 3. The first-order valence-corrected chi connectivity index (χ1v) is 12.5. The second-order valence-electron chi connectivity index (χ2n) is 9.41. The van der Waals surface area contributed by atoms with E-state index in [-0.39, 0.29) is 54.3 Å². The van der Waals surface area contributed by atoms with Gasteiger partial charge >= 0.3 is 12.2 Å². The molecule has 0 bridgehead atoms. The molecule has 6 rings (SSSR count). The van der Waals surface area contributed by atoms with Crippen molar-refractivity contribution in [2.45, 2.75) is 24.9 Å². The number of piperazine rings is 1. The molecule has 2 aliphatic heterocycles. The molecular formula is C24H19ClF4N8O4. The second kappa shape index (κ2) is 9.59. The Labute approximate surface area is 231 Å². The fourth-order valence-corrected chi connectivity index (χ4v) is 5.55. The van der Waals surface area contributed by atoms with Crippen LogP contribution in [0.5, 0.6) is 5.75 Å². The number of nitrogen functional groups attached to an aromatic ring is 1. The van der Waals surface area contributed by atoms with E-state index in [4.69, 9.17) is 22.1 Å². The number of alkyl halides is 3. The van der Waals surface area contributed by atoms with Crippen LogP contribution in [0.3, 0.4) is 0 Å². The maximum atomic E-state index is 16.2. The minimum Gasteiger partial charge on any atom is -0.491 e. The molecule has 4 N–H and O–H groups in total. The van der Waals surface area contributed by atoms with Crippen LogP contribution in [0, 0.1) is 5.82 Å². The van der Waals surface area contributed by atoms with Crippen LogP contribution in [0.1, 0.15) is 12.0 Å². The first-order chi connectivity index (χ1) is 19.5. The van der Waals surface area contributed by atoms with Crippen molar-refractivity contribution in [1.82, 2.24) is 29.9 Å². The van der Waals surface area contributed by atoms with E-state index in [1.54, 1.807) is 4.90 Å². The number of ether oxygens (including phenoxy) is 1. The Morgan fingerprint density at radius 3 is 2.71 bits per heavy atom. The molecule has 17 heteroatoms. The SMILES string of the molecule is Nc1cccc(C(F)(F)F)c1-c1c(Cl)c2c3c(ncnc3c1F)N1C[C@@H](O)N(C(=O)n3ncc(=O)[nH]3)C[C@@H]1CCO2. The van der Waals surface area contributed by atoms with Crippen molar-refractivity contribution >= 4 is 40.0 Å². The summed E-state index contributed by atoms with van der Waals surface area (Å²) in [5.74, 6) is -1.22. The predicted octanol–water partition coefficient (Wildman–Crippen LogP) is 2.83. The number of H-pyrrole nitrogens is 1. The Morgan fingerprint density at radius 2 is 2.00 bits per heavy atom. The summed E-state index contributed by atoms with van der Waals surface area (Å²) in [5, 5.41) is 16.3. The van der Waals surface area contributed by atoms with Crippen molar-refractivity contribution in [2.75, 3.05) is 30.3 Å². The number of aliphatic hydroxyl groups excluding tert-OH is 1. The van der Waals surface area contributed by atoms with Crippen molar-refractivity contribution in [3.63, 3.8) is 0 Å². The number of halogens is 5. The van der Waals surface area contributed by atoms with Crippen LogP contribution < -0.4 is 20.9 Å². The molecule has 0 radical (unpaired) electrons. The molecule has 0 unspecified atom stereocenters. The summed E-state index contributed by atoms with van der Waals surface area (Å²) in [6.45, 7) is -0.309. The van der Waals surface area contributed by atoms with Crippen molar-refractivity contribution in [1.29, 1.82) is 0 Å². The monoisotopic (exact) mass is 594 g/mol. The summed E-state index contributed by atoms with van der Waals surface area (Å²) in [4.78, 5) is 36.0. The summed E-state index contributed by atoms with van der Waals surface area (Å²) in [6, 6.07) is 1.77. The number of anilines is 2. The van der Waals surface area contributed by atoms with E-state index < -0.39 is 57.6 Å². The number of nitrogens with one attached hydrogen (secondary N) is 1. The smallest absolute Gasteiger partial charge is 0.417 e. The van der Waals surface area contributed by atoms with Gasteiger partial charge in [-0.3, -0.25) is 9.69 Å². The predicted molar refractivity (Wildman–Crippen MR) is 137 cm³/mol. The second-order valence-corrected chi connectivity index (χ2v) is 9.79. The highest BCUT2D eigenvalue weighted by atomic mass is 35.5. The Hall–Kier alpha value is -4.44. The van der Waals surface area contributed by atoms with Crippen LogP contribution in [0.25, 0.3) is 22.0 Å². The van der Waals surface area contributed by atoms with Crippen LogP contribution in [-0.4, -0.2) is 73.0 Å². The summed E-state index contributed by atoms with van der Waals surface area (Å²) in [7, 11) is 0. The van der Waals surface area contributed by atoms with Crippen molar-refractivity contribution < 1.29 is 32.2 Å². The third kappa shape index (κ3) is 4.30. The molecular weight excluding hydrogens is 576 g/mol. The molecule has 214 valence electrons. The molecule has 4 heterocycles. The summed E-state index contributed by atoms with van der Waals surface area (Å²) in [6.07, 6.45) is -4.10. The Bertz CT molecular complexity index is 1760. The summed E-state index contributed by atoms with van der Waals surface area (Å²) in [5.41, 5.74) is 2.13. The van der Waals surface area contributed by atoms with E-state index >= 15 is 4.39 Å². The zero-order valence-corrected chi connectivity index (χ0v) is 21.4. The Morgan fingerprint density at radius 1 is 1.22 bits per heavy atom. The van der Waals surface area contributed by atoms with Gasteiger partial charge in [0.05, 0.1) is 35.2 Å². The van der Waals surface area contributed by atoms with Crippen LogP contribution in [0.4, 0.5) is 33.9 Å². The van der Waals surface area contributed by atoms with E-state index in [0.29, 0.717) is 4.80 Å². The lowest BCUT2D eigenvalue weighted by molar-refractivity contribution is -0.137. The average Bonchev–Trinajstić information content (AvgIpc) is 3.35. The minimum absolute atomic E-state index is 0.0186. The molecule has 1 amide bonds. The van der Waals surface area contributed by atoms with Crippen LogP contribution in [0.15, 0.2) is 35.5 Å². The Kier molecular flexibility index (Phi) is 6.26. The molecule has 12 nitrogen and oxygen atoms in total. The summed E-state index contributed by atoms with van der Waals surface area (Å²) < 4.78 is 63.9. The van der Waals surface area contributed by atoms with Gasteiger partial charge in [0.15, 0.2) is 11.6 Å². The van der Waals surface area contributed by atoms with Gasteiger partial charge in [0.25, 0.3) is 5.56 Å². The largest absolute Gasteiger partial charge is 0.491 e. The number of amides is 1. The zero-order valence-electron chi connectivity index (χ0n) is 20.7. The standard InChI is InChI=1S/C24H19ClF4N8O4/c25-18-16(15-11(24(27,28)29)2-1-3-12(15)30)19(26)20-17-21(18)41-5-4-10-7-36(23(40)37-33-6-13(38)34-37)14(39)8-35(10)22(17)32-9-31-20/h1-3,6,9-10,14,39H,4-5,7-8,30H2,(H,34,38)/t10-,14+/m0/s1. The number of nitrogens with two attached hydrogens (primary N) is 1. The molecule has 2 aliphatic rings. The van der Waals surface area contributed by atoms with Crippen LogP contribution >= 0.6 is 11.6 Å². The molecule has 2 atom stereocenters. The number of benzene rings is 2. The normalized spacial score (nSPS) is 19.0. The van der Waals surface area contributed by atoms with E-state index in [0.717, 1.165) is 29.6 Å².